The maximum absolute atomic E-state index is 11.4. The Kier molecular flexibility index (Phi) is 4.89. The first-order valence-corrected chi connectivity index (χ1v) is 8.22. The van der Waals surface area contributed by atoms with E-state index in [4.69, 9.17) is 4.74 Å². The molecule has 3 rings (SSSR count). The highest BCUT2D eigenvalue weighted by Crippen LogP contribution is 2.37. The van der Waals surface area contributed by atoms with Crippen LogP contribution in [-0.4, -0.2) is 23.5 Å². The normalized spacial score (nSPS) is 14.1. The number of nitro benzene ring substituents is 2. The van der Waals surface area contributed by atoms with E-state index in [1.54, 1.807) is 13.2 Å². The molecule has 138 valence electrons. The van der Waals surface area contributed by atoms with Crippen molar-refractivity contribution in [2.24, 2.45) is 0 Å². The van der Waals surface area contributed by atoms with Crippen LogP contribution in [0.3, 0.4) is 0 Å². The van der Waals surface area contributed by atoms with Gasteiger partial charge in [-0.05, 0) is 48.9 Å². The third-order valence-corrected chi connectivity index (χ3v) is 4.33. The summed E-state index contributed by atoms with van der Waals surface area (Å²) in [6.45, 7) is 2.79. The molecule has 8 heteroatoms. The van der Waals surface area contributed by atoms with Gasteiger partial charge in [-0.1, -0.05) is 0 Å². The number of fused-ring (bicyclic) bond motifs is 1. The van der Waals surface area contributed by atoms with Crippen LogP contribution >= 0.6 is 0 Å². The first kappa shape index (κ1) is 18.1. The summed E-state index contributed by atoms with van der Waals surface area (Å²) in [4.78, 5) is 23.1. The van der Waals surface area contributed by atoms with E-state index in [1.807, 2.05) is 37.4 Å². The molecule has 0 unspecified atom stereocenters. The van der Waals surface area contributed by atoms with E-state index in [1.165, 1.54) is 12.1 Å². The lowest BCUT2D eigenvalue weighted by atomic mass is 9.96. The van der Waals surface area contributed by atoms with E-state index in [9.17, 15) is 20.2 Å². The smallest absolute Gasteiger partial charge is 0.283 e. The quantitative estimate of drug-likeness (QED) is 0.573. The molecular formula is C19H17N3O5. The lowest BCUT2D eigenvalue weighted by molar-refractivity contribution is -0.394. The molecule has 0 N–H and O–H groups in total. The van der Waals surface area contributed by atoms with Crippen LogP contribution < -0.4 is 9.64 Å². The molecule has 0 bridgehead atoms. The van der Waals surface area contributed by atoms with Gasteiger partial charge in [-0.15, -0.1) is 0 Å². The lowest BCUT2D eigenvalue weighted by Gasteiger charge is -2.27. The van der Waals surface area contributed by atoms with Gasteiger partial charge >= 0.3 is 0 Å². The van der Waals surface area contributed by atoms with Crippen LogP contribution in [0.15, 0.2) is 48.7 Å². The Bertz CT molecular complexity index is 981. The summed E-state index contributed by atoms with van der Waals surface area (Å²) in [5.41, 5.74) is 2.24. The van der Waals surface area contributed by atoms with Crippen LogP contribution in [0.1, 0.15) is 18.1 Å². The number of hydrogen-bond donors (Lipinski definition) is 0. The van der Waals surface area contributed by atoms with Crippen molar-refractivity contribution in [3.63, 3.8) is 0 Å². The fourth-order valence-corrected chi connectivity index (χ4v) is 2.96. The Morgan fingerprint density at radius 1 is 1.11 bits per heavy atom. The lowest BCUT2D eigenvalue weighted by Crippen LogP contribution is -2.19. The first-order chi connectivity index (χ1) is 12.9. The molecule has 27 heavy (non-hydrogen) atoms. The molecule has 0 radical (unpaired) electrons. The summed E-state index contributed by atoms with van der Waals surface area (Å²) in [6.07, 6.45) is 5.41. The van der Waals surface area contributed by atoms with Gasteiger partial charge in [0.15, 0.2) is 0 Å². The van der Waals surface area contributed by atoms with Crippen molar-refractivity contribution in [3.8, 4) is 5.75 Å². The number of non-ortho nitro benzene ring substituents is 1. The Morgan fingerprint density at radius 2 is 1.89 bits per heavy atom. The number of nitrogens with zero attached hydrogens (tertiary/aromatic N) is 3. The Labute approximate surface area is 155 Å². The number of benzene rings is 2. The second-order valence-corrected chi connectivity index (χ2v) is 5.84. The monoisotopic (exact) mass is 367 g/mol. The van der Waals surface area contributed by atoms with Crippen molar-refractivity contribution in [2.75, 3.05) is 18.6 Å². The van der Waals surface area contributed by atoms with Crippen LogP contribution in [-0.2, 0) is 0 Å². The van der Waals surface area contributed by atoms with Gasteiger partial charge in [-0.25, -0.2) is 0 Å². The van der Waals surface area contributed by atoms with Crippen molar-refractivity contribution in [2.45, 2.75) is 6.92 Å². The highest BCUT2D eigenvalue weighted by atomic mass is 16.6. The second-order valence-electron chi connectivity index (χ2n) is 5.84. The maximum Gasteiger partial charge on any atom is 0.283 e. The molecule has 0 saturated heterocycles. The van der Waals surface area contributed by atoms with Crippen LogP contribution in [0.2, 0.25) is 0 Å². The largest absolute Gasteiger partial charge is 0.497 e. The predicted octanol–water partition coefficient (Wildman–Crippen LogP) is 4.41. The van der Waals surface area contributed by atoms with Crippen molar-refractivity contribution in [3.05, 3.63) is 80.0 Å². The third-order valence-electron chi connectivity index (χ3n) is 4.33. The van der Waals surface area contributed by atoms with Crippen molar-refractivity contribution < 1.29 is 14.6 Å². The minimum Gasteiger partial charge on any atom is -0.497 e. The van der Waals surface area contributed by atoms with Crippen LogP contribution in [0.5, 0.6) is 5.75 Å². The zero-order valence-corrected chi connectivity index (χ0v) is 14.8. The van der Waals surface area contributed by atoms with E-state index in [0.29, 0.717) is 11.3 Å². The second kappa shape index (κ2) is 7.28. The van der Waals surface area contributed by atoms with E-state index in [0.717, 1.165) is 29.4 Å². The average Bonchev–Trinajstić information content (AvgIpc) is 2.67. The standard InChI is InChI=1S/C19H17N3O5/c1-3-20-9-8-13(17-12-16(27-2)6-7-18(17)20)10-14-4-5-15(21(23)24)11-19(14)22(25)26/h4-12H,3H2,1-2H3/b13-10-. The van der Waals surface area contributed by atoms with Crippen molar-refractivity contribution in [1.29, 1.82) is 0 Å². The van der Waals surface area contributed by atoms with Gasteiger partial charge in [0.25, 0.3) is 11.4 Å². The van der Waals surface area contributed by atoms with Gasteiger partial charge in [0, 0.05) is 30.1 Å². The molecule has 2 aromatic carbocycles. The highest BCUT2D eigenvalue weighted by molar-refractivity contribution is 5.96. The van der Waals surface area contributed by atoms with Gasteiger partial charge in [0.1, 0.15) is 5.75 Å². The summed E-state index contributed by atoms with van der Waals surface area (Å²) in [5.74, 6) is 0.671. The Balaban J connectivity index is 2.16. The number of ether oxygens (including phenoxy) is 1. The summed E-state index contributed by atoms with van der Waals surface area (Å²) in [5, 5.41) is 22.3. The molecule has 0 amide bonds. The molecule has 2 aromatic rings. The minimum atomic E-state index is -0.649. The van der Waals surface area contributed by atoms with Gasteiger partial charge in [-0.2, -0.15) is 0 Å². The molecule has 0 aliphatic carbocycles. The number of methoxy groups -OCH3 is 1. The molecule has 0 fully saturated rings. The number of rotatable bonds is 5. The highest BCUT2D eigenvalue weighted by Gasteiger charge is 2.21. The zero-order chi connectivity index (χ0) is 19.6. The minimum absolute atomic E-state index is 0.295. The van der Waals surface area contributed by atoms with Crippen molar-refractivity contribution in [1.82, 2.24) is 0 Å². The van der Waals surface area contributed by atoms with E-state index >= 15 is 0 Å². The molecule has 1 heterocycles. The van der Waals surface area contributed by atoms with Gasteiger partial charge < -0.3 is 9.64 Å². The average molecular weight is 367 g/mol. The zero-order valence-electron chi connectivity index (χ0n) is 14.8. The SMILES string of the molecule is CCN1C=C/C(=C/c2ccc([N+](=O)[O-])cc2[N+](=O)[O-])c2cc(OC)ccc21. The number of nitro groups is 2. The number of anilines is 1. The van der Waals surface area contributed by atoms with E-state index < -0.39 is 9.85 Å². The van der Waals surface area contributed by atoms with Gasteiger partial charge in [-0.3, -0.25) is 20.2 Å². The summed E-state index contributed by atoms with van der Waals surface area (Å²) >= 11 is 0. The number of allylic oxidation sites excluding steroid dienone is 2. The van der Waals surface area contributed by atoms with E-state index in [2.05, 4.69) is 4.90 Å². The molecule has 0 aromatic heterocycles. The summed E-state index contributed by atoms with van der Waals surface area (Å²) < 4.78 is 5.30. The fraction of sp³-hybridized carbons (Fsp3) is 0.158. The summed E-state index contributed by atoms with van der Waals surface area (Å²) in [7, 11) is 1.57. The number of hydrogen-bond acceptors (Lipinski definition) is 6. The maximum atomic E-state index is 11.4. The topological polar surface area (TPSA) is 98.8 Å². The van der Waals surface area contributed by atoms with Crippen molar-refractivity contribution >= 4 is 28.7 Å². The van der Waals surface area contributed by atoms with Gasteiger partial charge in [0.2, 0.25) is 0 Å². The molecule has 0 atom stereocenters. The molecule has 1 aliphatic rings. The van der Waals surface area contributed by atoms with E-state index in [-0.39, 0.29) is 11.4 Å². The molecule has 8 nitrogen and oxygen atoms in total. The van der Waals surface area contributed by atoms with Crippen LogP contribution in [0, 0.1) is 20.2 Å². The Hall–Kier alpha value is -3.68. The first-order valence-electron chi connectivity index (χ1n) is 8.22. The molecule has 0 saturated carbocycles. The van der Waals surface area contributed by atoms with Crippen LogP contribution in [0.4, 0.5) is 17.1 Å². The van der Waals surface area contributed by atoms with Crippen LogP contribution in [0.25, 0.3) is 11.6 Å². The fourth-order valence-electron chi connectivity index (χ4n) is 2.96. The Morgan fingerprint density at radius 3 is 2.52 bits per heavy atom. The molecule has 0 spiro atoms. The molecule has 1 aliphatic heterocycles. The predicted molar refractivity (Wildman–Crippen MR) is 103 cm³/mol. The van der Waals surface area contributed by atoms with Gasteiger partial charge in [0.05, 0.1) is 28.6 Å². The third kappa shape index (κ3) is 3.50. The molecular weight excluding hydrogens is 350 g/mol. The summed E-state index contributed by atoms with van der Waals surface area (Å²) in [6, 6.07) is 9.28.